The van der Waals surface area contributed by atoms with Crippen LogP contribution in [0.3, 0.4) is 0 Å². The molecule has 0 aliphatic rings. The van der Waals surface area contributed by atoms with Crippen molar-refractivity contribution in [2.24, 2.45) is 4.99 Å². The molecule has 0 spiro atoms. The highest BCUT2D eigenvalue weighted by atomic mass is 14.7. The summed E-state index contributed by atoms with van der Waals surface area (Å²) in [5, 5.41) is 8.37. The molecule has 0 saturated heterocycles. The predicted molar refractivity (Wildman–Crippen MR) is 67.7 cm³/mol. The summed E-state index contributed by atoms with van der Waals surface area (Å²) < 4.78 is 0. The van der Waals surface area contributed by atoms with Crippen molar-refractivity contribution >= 4 is 6.21 Å². The van der Waals surface area contributed by atoms with Crippen molar-refractivity contribution in [2.75, 3.05) is 6.54 Å². The number of aryl methyl sites for hydroxylation is 1. The van der Waals surface area contributed by atoms with Crippen LogP contribution in [-0.4, -0.2) is 12.8 Å². The number of nitrogens with zero attached hydrogens (tertiary/aromatic N) is 2. The van der Waals surface area contributed by atoms with Crippen molar-refractivity contribution in [3.05, 3.63) is 35.4 Å². The quantitative estimate of drug-likeness (QED) is 0.527. The summed E-state index contributed by atoms with van der Waals surface area (Å²) in [5.41, 5.74) is 2.45. The molecule has 0 aliphatic heterocycles. The maximum absolute atomic E-state index is 8.37. The Labute approximate surface area is 97.6 Å². The fourth-order valence-electron chi connectivity index (χ4n) is 1.48. The minimum Gasteiger partial charge on any atom is -0.293 e. The lowest BCUT2D eigenvalue weighted by Crippen LogP contribution is -1.88. The molecule has 0 fully saturated rings. The van der Waals surface area contributed by atoms with Gasteiger partial charge in [0.2, 0.25) is 0 Å². The van der Waals surface area contributed by atoms with Gasteiger partial charge >= 0.3 is 0 Å². The van der Waals surface area contributed by atoms with Crippen molar-refractivity contribution in [1.29, 1.82) is 5.26 Å². The predicted octanol–water partition coefficient (Wildman–Crippen LogP) is 3.50. The Morgan fingerprint density at radius 2 is 2.06 bits per heavy atom. The van der Waals surface area contributed by atoms with Crippen LogP contribution < -0.4 is 0 Å². The zero-order valence-corrected chi connectivity index (χ0v) is 9.82. The monoisotopic (exact) mass is 214 g/mol. The van der Waals surface area contributed by atoms with Crippen LogP contribution in [0, 0.1) is 18.3 Å². The molecule has 0 aromatic heterocycles. The third-order valence-corrected chi connectivity index (χ3v) is 2.49. The fourth-order valence-corrected chi connectivity index (χ4v) is 1.48. The van der Waals surface area contributed by atoms with Crippen molar-refractivity contribution in [3.63, 3.8) is 0 Å². The van der Waals surface area contributed by atoms with E-state index in [1.807, 2.05) is 18.3 Å². The van der Waals surface area contributed by atoms with E-state index >= 15 is 0 Å². The Bertz CT molecular complexity index is 375. The molecule has 16 heavy (non-hydrogen) atoms. The summed E-state index contributed by atoms with van der Waals surface area (Å²) in [5.74, 6) is 0. The van der Waals surface area contributed by atoms with Gasteiger partial charge in [0.25, 0.3) is 0 Å². The van der Waals surface area contributed by atoms with Gasteiger partial charge in [0.15, 0.2) is 0 Å². The first kappa shape index (κ1) is 12.4. The van der Waals surface area contributed by atoms with Gasteiger partial charge in [0.05, 0.1) is 6.07 Å². The summed E-state index contributed by atoms with van der Waals surface area (Å²) in [7, 11) is 0. The molecule has 1 aromatic carbocycles. The molecule has 0 radical (unpaired) electrons. The molecule has 1 rings (SSSR count). The summed E-state index contributed by atoms with van der Waals surface area (Å²) in [6.07, 6.45) is 5.78. The lowest BCUT2D eigenvalue weighted by molar-refractivity contribution is 0.701. The van der Waals surface area contributed by atoms with Crippen molar-refractivity contribution < 1.29 is 0 Å². The Morgan fingerprint density at radius 1 is 1.25 bits per heavy atom. The number of aliphatic imine (C=N–C) groups is 1. The molecule has 2 nitrogen and oxygen atoms in total. The van der Waals surface area contributed by atoms with Gasteiger partial charge in [0.1, 0.15) is 0 Å². The fraction of sp³-hybridized carbons (Fsp3) is 0.429. The van der Waals surface area contributed by atoms with Crippen LogP contribution in [0.15, 0.2) is 29.3 Å². The number of unbranched alkanes of at least 4 members (excludes halogenated alkanes) is 3. The molecule has 0 saturated carbocycles. The maximum atomic E-state index is 8.37. The third kappa shape index (κ3) is 4.75. The number of hydrogen-bond donors (Lipinski definition) is 0. The van der Waals surface area contributed by atoms with Crippen LogP contribution in [0.2, 0.25) is 0 Å². The minimum absolute atomic E-state index is 0.668. The van der Waals surface area contributed by atoms with Crippen LogP contribution >= 0.6 is 0 Å². The van der Waals surface area contributed by atoms with Gasteiger partial charge in [0, 0.05) is 19.2 Å². The first-order valence-corrected chi connectivity index (χ1v) is 5.77. The van der Waals surface area contributed by atoms with E-state index in [1.54, 1.807) is 0 Å². The first-order valence-electron chi connectivity index (χ1n) is 5.77. The van der Waals surface area contributed by atoms with E-state index in [-0.39, 0.29) is 0 Å². The van der Waals surface area contributed by atoms with Gasteiger partial charge in [-0.2, -0.15) is 5.26 Å². The topological polar surface area (TPSA) is 36.1 Å². The molecule has 0 bridgehead atoms. The van der Waals surface area contributed by atoms with Gasteiger partial charge in [-0.25, -0.2) is 0 Å². The summed E-state index contributed by atoms with van der Waals surface area (Å²) in [6.45, 7) is 2.95. The zero-order valence-electron chi connectivity index (χ0n) is 9.82. The van der Waals surface area contributed by atoms with E-state index in [9.17, 15) is 0 Å². The van der Waals surface area contributed by atoms with E-state index in [4.69, 9.17) is 5.26 Å². The Kier molecular flexibility index (Phi) is 5.95. The number of benzene rings is 1. The minimum atomic E-state index is 0.668. The molecule has 0 unspecified atom stereocenters. The van der Waals surface area contributed by atoms with Gasteiger partial charge in [-0.3, -0.25) is 4.99 Å². The lowest BCUT2D eigenvalue weighted by Gasteiger charge is -1.98. The molecule has 0 aliphatic carbocycles. The van der Waals surface area contributed by atoms with Crippen LogP contribution in [0.5, 0.6) is 0 Å². The molecule has 0 amide bonds. The molecule has 2 heteroatoms. The molecule has 0 heterocycles. The van der Waals surface area contributed by atoms with Gasteiger partial charge in [-0.1, -0.05) is 30.7 Å². The highest BCUT2D eigenvalue weighted by molar-refractivity contribution is 5.81. The highest BCUT2D eigenvalue weighted by Gasteiger charge is 1.91. The van der Waals surface area contributed by atoms with Crippen molar-refractivity contribution in [2.45, 2.75) is 32.6 Å². The smallest absolute Gasteiger partial charge is 0.0621 e. The highest BCUT2D eigenvalue weighted by Crippen LogP contribution is 2.04. The van der Waals surface area contributed by atoms with Crippen LogP contribution in [0.4, 0.5) is 0 Å². The second kappa shape index (κ2) is 7.64. The molecule has 84 valence electrons. The SMILES string of the molecule is Cc1ccccc1/C=N/CCCCCC#N. The second-order valence-corrected chi connectivity index (χ2v) is 3.86. The second-order valence-electron chi connectivity index (χ2n) is 3.86. The molecule has 1 aromatic rings. The van der Waals surface area contributed by atoms with E-state index in [0.717, 1.165) is 25.8 Å². The largest absolute Gasteiger partial charge is 0.293 e. The molecule has 0 N–H and O–H groups in total. The van der Waals surface area contributed by atoms with Crippen LogP contribution in [-0.2, 0) is 0 Å². The van der Waals surface area contributed by atoms with Gasteiger partial charge < -0.3 is 0 Å². The Morgan fingerprint density at radius 3 is 2.81 bits per heavy atom. The molecule has 0 atom stereocenters. The standard InChI is InChI=1S/C14H18N2/c1-13-8-4-5-9-14(13)12-16-11-7-3-2-6-10-15/h4-5,8-9,12H,2-3,6-7,11H2,1H3/b16-12+. The normalized spacial score (nSPS) is 10.5. The van der Waals surface area contributed by atoms with Crippen molar-refractivity contribution in [3.8, 4) is 6.07 Å². The number of hydrogen-bond acceptors (Lipinski definition) is 2. The first-order chi connectivity index (χ1) is 7.84. The number of rotatable bonds is 6. The molecular formula is C14H18N2. The Hall–Kier alpha value is -1.62. The summed E-state index contributed by atoms with van der Waals surface area (Å²) in [4.78, 5) is 4.39. The van der Waals surface area contributed by atoms with Gasteiger partial charge in [-0.05, 0) is 30.9 Å². The average molecular weight is 214 g/mol. The average Bonchev–Trinajstić information content (AvgIpc) is 2.30. The summed E-state index contributed by atoms with van der Waals surface area (Å²) >= 11 is 0. The van der Waals surface area contributed by atoms with E-state index in [0.29, 0.717) is 6.42 Å². The maximum Gasteiger partial charge on any atom is 0.0621 e. The van der Waals surface area contributed by atoms with Crippen LogP contribution in [0.25, 0.3) is 0 Å². The molecular weight excluding hydrogens is 196 g/mol. The van der Waals surface area contributed by atoms with Crippen LogP contribution in [0.1, 0.15) is 36.8 Å². The van der Waals surface area contributed by atoms with E-state index in [1.165, 1.54) is 11.1 Å². The lowest BCUT2D eigenvalue weighted by atomic mass is 10.1. The zero-order chi connectivity index (χ0) is 11.6. The van der Waals surface area contributed by atoms with E-state index in [2.05, 4.69) is 30.1 Å². The Balaban J connectivity index is 2.23. The third-order valence-electron chi connectivity index (χ3n) is 2.49. The van der Waals surface area contributed by atoms with E-state index < -0.39 is 0 Å². The summed E-state index contributed by atoms with van der Waals surface area (Å²) in [6, 6.07) is 10.4. The van der Waals surface area contributed by atoms with Gasteiger partial charge in [-0.15, -0.1) is 0 Å². The van der Waals surface area contributed by atoms with Crippen molar-refractivity contribution in [1.82, 2.24) is 0 Å². The number of nitriles is 1.